The zero-order valence-electron chi connectivity index (χ0n) is 15.8. The van der Waals surface area contributed by atoms with Crippen molar-refractivity contribution in [2.24, 2.45) is 0 Å². The molecule has 0 bridgehead atoms. The van der Waals surface area contributed by atoms with Gasteiger partial charge in [0.2, 0.25) is 0 Å². The SMILES string of the molecule is COC(=O)C1=C(C(=O)OC)N(c2ccc(Br)cc2OCCN(C)C)COC1. The molecule has 8 nitrogen and oxygen atoms in total. The highest BCUT2D eigenvalue weighted by molar-refractivity contribution is 9.10. The number of carbonyl (C=O) groups is 2. The number of esters is 2. The predicted octanol–water partition coefficient (Wildman–Crippen LogP) is 1.78. The van der Waals surface area contributed by atoms with E-state index in [0.717, 1.165) is 11.0 Å². The van der Waals surface area contributed by atoms with Gasteiger partial charge in [-0.2, -0.15) is 0 Å². The first kappa shape index (κ1) is 21.2. The van der Waals surface area contributed by atoms with Crippen molar-refractivity contribution in [1.29, 1.82) is 0 Å². The molecule has 0 spiro atoms. The highest BCUT2D eigenvalue weighted by atomic mass is 79.9. The number of ether oxygens (including phenoxy) is 4. The van der Waals surface area contributed by atoms with E-state index in [0.29, 0.717) is 18.0 Å². The first-order valence-electron chi connectivity index (χ1n) is 8.21. The van der Waals surface area contributed by atoms with Gasteiger partial charge < -0.3 is 28.7 Å². The quantitative estimate of drug-likeness (QED) is 0.591. The smallest absolute Gasteiger partial charge is 0.355 e. The minimum Gasteiger partial charge on any atom is -0.490 e. The van der Waals surface area contributed by atoms with E-state index >= 15 is 0 Å². The molecule has 0 saturated carbocycles. The van der Waals surface area contributed by atoms with Gasteiger partial charge in [0.05, 0.1) is 32.1 Å². The Kier molecular flexibility index (Phi) is 7.64. The maximum Gasteiger partial charge on any atom is 0.355 e. The molecule has 1 aromatic carbocycles. The second-order valence-electron chi connectivity index (χ2n) is 5.98. The van der Waals surface area contributed by atoms with Gasteiger partial charge in [-0.1, -0.05) is 15.9 Å². The second kappa shape index (κ2) is 9.72. The summed E-state index contributed by atoms with van der Waals surface area (Å²) in [6.07, 6.45) is 0. The predicted molar refractivity (Wildman–Crippen MR) is 103 cm³/mol. The second-order valence-corrected chi connectivity index (χ2v) is 6.90. The molecule has 1 heterocycles. The summed E-state index contributed by atoms with van der Waals surface area (Å²) in [5.41, 5.74) is 0.756. The third-order valence-corrected chi connectivity index (χ3v) is 4.34. The van der Waals surface area contributed by atoms with Gasteiger partial charge in [0.1, 0.15) is 24.8 Å². The summed E-state index contributed by atoms with van der Waals surface area (Å²) in [6.45, 7) is 1.19. The van der Waals surface area contributed by atoms with E-state index in [1.807, 2.05) is 25.1 Å². The van der Waals surface area contributed by atoms with Crippen molar-refractivity contribution in [2.45, 2.75) is 0 Å². The van der Waals surface area contributed by atoms with Crippen molar-refractivity contribution in [2.75, 3.05) is 59.7 Å². The number of benzene rings is 1. The summed E-state index contributed by atoms with van der Waals surface area (Å²) in [5.74, 6) is -0.754. The molecule has 9 heteroatoms. The molecular formula is C18H23BrN2O6. The Labute approximate surface area is 166 Å². The average Bonchev–Trinajstić information content (AvgIpc) is 2.66. The molecule has 0 aromatic heterocycles. The maximum atomic E-state index is 12.4. The number of nitrogens with zero attached hydrogens (tertiary/aromatic N) is 2. The minimum atomic E-state index is -0.652. The molecule has 0 amide bonds. The summed E-state index contributed by atoms with van der Waals surface area (Å²) in [7, 11) is 6.40. The van der Waals surface area contributed by atoms with Crippen LogP contribution >= 0.6 is 15.9 Å². The number of hydrogen-bond donors (Lipinski definition) is 0. The van der Waals surface area contributed by atoms with Crippen LogP contribution in [-0.2, 0) is 23.8 Å². The molecule has 0 radical (unpaired) electrons. The molecule has 1 aliphatic rings. The lowest BCUT2D eigenvalue weighted by Gasteiger charge is -2.32. The van der Waals surface area contributed by atoms with E-state index < -0.39 is 11.9 Å². The molecule has 148 valence electrons. The van der Waals surface area contributed by atoms with Crippen LogP contribution in [0.1, 0.15) is 0 Å². The lowest BCUT2D eigenvalue weighted by molar-refractivity contribution is -0.140. The van der Waals surface area contributed by atoms with E-state index in [9.17, 15) is 9.59 Å². The Hall–Kier alpha value is -2.10. The van der Waals surface area contributed by atoms with Gasteiger partial charge in [0.15, 0.2) is 0 Å². The monoisotopic (exact) mass is 442 g/mol. The van der Waals surface area contributed by atoms with Gasteiger partial charge in [0, 0.05) is 11.0 Å². The normalized spacial score (nSPS) is 14.4. The van der Waals surface area contributed by atoms with Crippen molar-refractivity contribution in [1.82, 2.24) is 4.90 Å². The minimum absolute atomic E-state index is 0.0407. The first-order valence-corrected chi connectivity index (χ1v) is 9.00. The summed E-state index contributed by atoms with van der Waals surface area (Å²) >= 11 is 3.43. The molecule has 27 heavy (non-hydrogen) atoms. The number of methoxy groups -OCH3 is 2. The number of halogens is 1. The Morgan fingerprint density at radius 1 is 1.22 bits per heavy atom. The number of likely N-dealkylation sites (N-methyl/N-ethyl adjacent to an activating group) is 1. The van der Waals surface area contributed by atoms with Gasteiger partial charge in [-0.15, -0.1) is 0 Å². The fourth-order valence-electron chi connectivity index (χ4n) is 2.50. The molecule has 1 aliphatic heterocycles. The van der Waals surface area contributed by atoms with Crippen molar-refractivity contribution in [3.63, 3.8) is 0 Å². The third-order valence-electron chi connectivity index (χ3n) is 3.84. The van der Waals surface area contributed by atoms with Crippen LogP contribution in [0.15, 0.2) is 33.9 Å². The Bertz CT molecular complexity index is 735. The Balaban J connectivity index is 2.47. The van der Waals surface area contributed by atoms with E-state index in [2.05, 4.69) is 15.9 Å². The fraction of sp³-hybridized carbons (Fsp3) is 0.444. The van der Waals surface area contributed by atoms with Crippen LogP contribution in [0, 0.1) is 0 Å². The fourth-order valence-corrected chi connectivity index (χ4v) is 2.84. The zero-order valence-corrected chi connectivity index (χ0v) is 17.4. The van der Waals surface area contributed by atoms with Crippen LogP contribution < -0.4 is 9.64 Å². The summed E-state index contributed by atoms with van der Waals surface area (Å²) in [6, 6.07) is 5.39. The van der Waals surface area contributed by atoms with E-state index in [1.54, 1.807) is 17.0 Å². The van der Waals surface area contributed by atoms with Gasteiger partial charge in [-0.25, -0.2) is 9.59 Å². The van der Waals surface area contributed by atoms with Crippen molar-refractivity contribution < 1.29 is 28.5 Å². The molecule has 0 fully saturated rings. The number of carbonyl (C=O) groups excluding carboxylic acids is 2. The lowest BCUT2D eigenvalue weighted by Crippen LogP contribution is -2.39. The van der Waals surface area contributed by atoms with E-state index in [4.69, 9.17) is 18.9 Å². The molecule has 1 aromatic rings. The number of hydrogen-bond acceptors (Lipinski definition) is 8. The van der Waals surface area contributed by atoms with Gasteiger partial charge in [0.25, 0.3) is 0 Å². The van der Waals surface area contributed by atoms with Crippen LogP contribution in [0.5, 0.6) is 5.75 Å². The van der Waals surface area contributed by atoms with Gasteiger partial charge in [-0.05, 0) is 32.3 Å². The molecule has 0 saturated heterocycles. The maximum absolute atomic E-state index is 12.4. The van der Waals surface area contributed by atoms with Crippen molar-refractivity contribution in [3.8, 4) is 5.75 Å². The highest BCUT2D eigenvalue weighted by Crippen LogP contribution is 2.36. The molecule has 0 aliphatic carbocycles. The topological polar surface area (TPSA) is 77.5 Å². The molecule has 0 atom stereocenters. The summed E-state index contributed by atoms with van der Waals surface area (Å²) in [4.78, 5) is 28.1. The van der Waals surface area contributed by atoms with Crippen LogP contribution in [0.4, 0.5) is 5.69 Å². The van der Waals surface area contributed by atoms with E-state index in [-0.39, 0.29) is 24.6 Å². The summed E-state index contributed by atoms with van der Waals surface area (Å²) < 4.78 is 21.9. The molecule has 2 rings (SSSR count). The lowest BCUT2D eigenvalue weighted by atomic mass is 10.1. The standard InChI is InChI=1S/C18H23BrN2O6/c1-20(2)7-8-27-15-9-12(19)5-6-14(15)21-11-26-10-13(17(22)24-3)16(21)18(23)25-4/h5-6,9H,7-8,10-11H2,1-4H3. The van der Waals surface area contributed by atoms with Gasteiger partial charge in [-0.3, -0.25) is 0 Å². The molecule has 0 N–H and O–H groups in total. The third kappa shape index (κ3) is 5.21. The van der Waals surface area contributed by atoms with Crippen LogP contribution in [0.3, 0.4) is 0 Å². The van der Waals surface area contributed by atoms with Crippen LogP contribution in [-0.4, -0.2) is 71.6 Å². The van der Waals surface area contributed by atoms with Crippen molar-refractivity contribution >= 4 is 33.6 Å². The number of rotatable bonds is 7. The first-order chi connectivity index (χ1) is 12.9. The zero-order chi connectivity index (χ0) is 20.0. The Morgan fingerprint density at radius 3 is 2.56 bits per heavy atom. The van der Waals surface area contributed by atoms with Gasteiger partial charge >= 0.3 is 11.9 Å². The van der Waals surface area contributed by atoms with E-state index in [1.165, 1.54) is 14.2 Å². The van der Waals surface area contributed by atoms with Crippen LogP contribution in [0.2, 0.25) is 0 Å². The molecular weight excluding hydrogens is 420 g/mol. The molecule has 0 unspecified atom stereocenters. The number of anilines is 1. The average molecular weight is 443 g/mol. The largest absolute Gasteiger partial charge is 0.490 e. The summed E-state index contributed by atoms with van der Waals surface area (Å²) in [5, 5.41) is 0. The Morgan fingerprint density at radius 2 is 1.93 bits per heavy atom. The van der Waals surface area contributed by atoms with Crippen LogP contribution in [0.25, 0.3) is 0 Å². The highest BCUT2D eigenvalue weighted by Gasteiger charge is 2.33. The van der Waals surface area contributed by atoms with Crippen molar-refractivity contribution in [3.05, 3.63) is 33.9 Å².